The lowest BCUT2D eigenvalue weighted by Gasteiger charge is -2.07. The summed E-state index contributed by atoms with van der Waals surface area (Å²) in [5.74, 6) is -0.395. The molecule has 23 heavy (non-hydrogen) atoms. The highest BCUT2D eigenvalue weighted by Crippen LogP contribution is 2.28. The first-order valence-electron chi connectivity index (χ1n) is 6.43. The Labute approximate surface area is 136 Å². The number of aromatic nitrogens is 1. The Morgan fingerprint density at radius 3 is 2.61 bits per heavy atom. The first-order valence-corrected chi connectivity index (χ1v) is 7.31. The normalized spacial score (nSPS) is 10.5. The number of methoxy groups -OCH3 is 2. The van der Waals surface area contributed by atoms with Gasteiger partial charge in [-0.3, -0.25) is 10.1 Å². The monoisotopic (exact) mass is 334 g/mol. The van der Waals surface area contributed by atoms with E-state index in [0.29, 0.717) is 11.5 Å². The Morgan fingerprint density at radius 2 is 2.00 bits per heavy atom. The third-order valence-electron chi connectivity index (χ3n) is 2.79. The van der Waals surface area contributed by atoms with Crippen molar-refractivity contribution in [2.24, 2.45) is 0 Å². The fourth-order valence-electron chi connectivity index (χ4n) is 1.70. The lowest BCUT2D eigenvalue weighted by Crippen LogP contribution is -2.08. The van der Waals surface area contributed by atoms with Gasteiger partial charge in [0.25, 0.3) is 0 Å². The second-order valence-corrected chi connectivity index (χ2v) is 5.14. The number of rotatable bonds is 6. The van der Waals surface area contributed by atoms with Gasteiger partial charge in [0.1, 0.15) is 0 Å². The lowest BCUT2D eigenvalue weighted by molar-refractivity contribution is -0.111. The number of carboxylic acid groups (broad SMARTS) is 1. The molecule has 0 radical (unpaired) electrons. The molecule has 0 unspecified atom stereocenters. The quantitative estimate of drug-likeness (QED) is 0.788. The van der Waals surface area contributed by atoms with Crippen LogP contribution in [0, 0.1) is 0 Å². The highest BCUT2D eigenvalue weighted by Gasteiger charge is 2.09. The predicted molar refractivity (Wildman–Crippen MR) is 86.3 cm³/mol. The van der Waals surface area contributed by atoms with Crippen LogP contribution in [0.15, 0.2) is 29.7 Å². The molecule has 1 heterocycles. The standard InChI is InChI=1S/C15H14N2O5S/c1-21-11-5-3-9(7-12(11)22-2)4-6-13(18)17-15-16-10(8-23-15)14(19)20/h3-8H,1-2H3,(H,19,20)(H,16,17,18)/b6-4+. The van der Waals surface area contributed by atoms with E-state index in [1.807, 2.05) is 0 Å². The van der Waals surface area contributed by atoms with Crippen LogP contribution < -0.4 is 14.8 Å². The van der Waals surface area contributed by atoms with Gasteiger partial charge < -0.3 is 14.6 Å². The van der Waals surface area contributed by atoms with E-state index in [-0.39, 0.29) is 10.8 Å². The number of thiazole rings is 1. The molecule has 120 valence electrons. The average molecular weight is 334 g/mol. The molecule has 0 bridgehead atoms. The third kappa shape index (κ3) is 4.30. The summed E-state index contributed by atoms with van der Waals surface area (Å²) < 4.78 is 10.3. The Morgan fingerprint density at radius 1 is 1.26 bits per heavy atom. The Balaban J connectivity index is 2.04. The van der Waals surface area contributed by atoms with Crippen LogP contribution in [0.3, 0.4) is 0 Å². The molecule has 2 aromatic rings. The van der Waals surface area contributed by atoms with E-state index < -0.39 is 11.9 Å². The Kier molecular flexibility index (Phi) is 5.32. The van der Waals surface area contributed by atoms with Crippen LogP contribution in [-0.2, 0) is 4.79 Å². The maximum Gasteiger partial charge on any atom is 0.355 e. The fourth-order valence-corrected chi connectivity index (χ4v) is 2.39. The molecule has 0 spiro atoms. The van der Waals surface area contributed by atoms with Gasteiger partial charge in [0, 0.05) is 11.5 Å². The molecule has 7 nitrogen and oxygen atoms in total. The minimum absolute atomic E-state index is 0.103. The summed E-state index contributed by atoms with van der Waals surface area (Å²) in [6.07, 6.45) is 2.92. The van der Waals surface area contributed by atoms with Crippen molar-refractivity contribution >= 4 is 34.4 Å². The molecule has 0 saturated carbocycles. The molecule has 2 N–H and O–H groups in total. The first-order chi connectivity index (χ1) is 11.0. The van der Waals surface area contributed by atoms with Crippen molar-refractivity contribution in [2.75, 3.05) is 19.5 Å². The molecule has 0 aliphatic rings. The largest absolute Gasteiger partial charge is 0.493 e. The van der Waals surface area contributed by atoms with Gasteiger partial charge in [-0.05, 0) is 23.8 Å². The van der Waals surface area contributed by atoms with Gasteiger partial charge in [0.2, 0.25) is 5.91 Å². The van der Waals surface area contributed by atoms with Crippen molar-refractivity contribution < 1.29 is 24.2 Å². The van der Waals surface area contributed by atoms with Gasteiger partial charge in [-0.15, -0.1) is 11.3 Å². The summed E-state index contributed by atoms with van der Waals surface area (Å²) in [5, 5.41) is 12.9. The number of nitrogens with one attached hydrogen (secondary N) is 1. The zero-order valence-electron chi connectivity index (χ0n) is 12.4. The maximum atomic E-state index is 11.8. The fraction of sp³-hybridized carbons (Fsp3) is 0.133. The number of aromatic carboxylic acids is 1. The molecule has 0 atom stereocenters. The van der Waals surface area contributed by atoms with E-state index in [0.717, 1.165) is 16.9 Å². The van der Waals surface area contributed by atoms with Gasteiger partial charge in [-0.25, -0.2) is 9.78 Å². The molecule has 0 fully saturated rings. The van der Waals surface area contributed by atoms with Crippen LogP contribution in [0.25, 0.3) is 6.08 Å². The number of hydrogen-bond acceptors (Lipinski definition) is 6. The van der Waals surface area contributed by atoms with Crippen molar-refractivity contribution in [1.29, 1.82) is 0 Å². The molecule has 0 saturated heterocycles. The molecule has 0 aliphatic carbocycles. The third-order valence-corrected chi connectivity index (χ3v) is 3.55. The van der Waals surface area contributed by atoms with Gasteiger partial charge in [-0.1, -0.05) is 6.07 Å². The summed E-state index contributed by atoms with van der Waals surface area (Å²) in [5.41, 5.74) is 0.650. The van der Waals surface area contributed by atoms with Crippen molar-refractivity contribution in [3.63, 3.8) is 0 Å². The summed E-state index contributed by atoms with van der Waals surface area (Å²) in [6, 6.07) is 5.24. The number of ether oxygens (including phenoxy) is 2. The van der Waals surface area contributed by atoms with Crippen LogP contribution in [-0.4, -0.2) is 36.2 Å². The van der Waals surface area contributed by atoms with Crippen LogP contribution >= 0.6 is 11.3 Å². The van der Waals surface area contributed by atoms with E-state index in [9.17, 15) is 9.59 Å². The number of nitrogens with zero attached hydrogens (tertiary/aromatic N) is 1. The SMILES string of the molecule is COc1ccc(/C=C/C(=O)Nc2nc(C(=O)O)cs2)cc1OC. The number of benzene rings is 1. The smallest absolute Gasteiger partial charge is 0.355 e. The minimum atomic E-state index is -1.14. The molecular weight excluding hydrogens is 320 g/mol. The number of amides is 1. The van der Waals surface area contributed by atoms with E-state index in [2.05, 4.69) is 10.3 Å². The second-order valence-electron chi connectivity index (χ2n) is 4.28. The van der Waals surface area contributed by atoms with Crippen molar-refractivity contribution in [3.05, 3.63) is 40.9 Å². The zero-order chi connectivity index (χ0) is 16.8. The maximum absolute atomic E-state index is 11.8. The number of hydrogen-bond donors (Lipinski definition) is 2. The number of carboxylic acids is 1. The van der Waals surface area contributed by atoms with Crippen molar-refractivity contribution in [1.82, 2.24) is 4.98 Å². The van der Waals surface area contributed by atoms with Crippen LogP contribution in [0.4, 0.5) is 5.13 Å². The molecule has 1 aromatic heterocycles. The topological polar surface area (TPSA) is 97.8 Å². The number of carbonyl (C=O) groups is 2. The molecule has 8 heteroatoms. The average Bonchev–Trinajstić information content (AvgIpc) is 3.01. The van der Waals surface area contributed by atoms with Crippen molar-refractivity contribution in [2.45, 2.75) is 0 Å². The number of carbonyl (C=O) groups excluding carboxylic acids is 1. The summed E-state index contributed by atoms with van der Waals surface area (Å²) in [7, 11) is 3.07. The van der Waals surface area contributed by atoms with E-state index in [4.69, 9.17) is 14.6 Å². The van der Waals surface area contributed by atoms with E-state index >= 15 is 0 Å². The van der Waals surface area contributed by atoms with Crippen LogP contribution in [0.2, 0.25) is 0 Å². The summed E-state index contributed by atoms with van der Waals surface area (Å²) in [6.45, 7) is 0. The molecule has 1 aromatic carbocycles. The highest BCUT2D eigenvalue weighted by molar-refractivity contribution is 7.14. The molecule has 0 aliphatic heterocycles. The predicted octanol–water partition coefficient (Wildman–Crippen LogP) is 2.51. The van der Waals surface area contributed by atoms with Crippen LogP contribution in [0.5, 0.6) is 11.5 Å². The molecule has 2 rings (SSSR count). The lowest BCUT2D eigenvalue weighted by atomic mass is 10.2. The highest BCUT2D eigenvalue weighted by atomic mass is 32.1. The summed E-state index contributed by atoms with van der Waals surface area (Å²) >= 11 is 1.04. The second kappa shape index (κ2) is 7.41. The van der Waals surface area contributed by atoms with Gasteiger partial charge in [-0.2, -0.15) is 0 Å². The van der Waals surface area contributed by atoms with Gasteiger partial charge in [0.15, 0.2) is 22.3 Å². The van der Waals surface area contributed by atoms with Crippen LogP contribution in [0.1, 0.15) is 16.1 Å². The Bertz CT molecular complexity index is 754. The minimum Gasteiger partial charge on any atom is -0.493 e. The van der Waals surface area contributed by atoms with Gasteiger partial charge in [0.05, 0.1) is 14.2 Å². The molecule has 1 amide bonds. The molecular formula is C15H14N2O5S. The zero-order valence-corrected chi connectivity index (χ0v) is 13.2. The van der Waals surface area contributed by atoms with Crippen molar-refractivity contribution in [3.8, 4) is 11.5 Å². The number of anilines is 1. The van der Waals surface area contributed by atoms with E-state index in [1.54, 1.807) is 31.4 Å². The van der Waals surface area contributed by atoms with Gasteiger partial charge >= 0.3 is 5.97 Å². The first kappa shape index (κ1) is 16.5. The summed E-state index contributed by atoms with van der Waals surface area (Å²) in [4.78, 5) is 26.3. The Hall–Kier alpha value is -2.87. The van der Waals surface area contributed by atoms with E-state index in [1.165, 1.54) is 18.6 Å².